The van der Waals surface area contributed by atoms with E-state index in [9.17, 15) is 9.59 Å². The molecule has 0 saturated heterocycles. The molecule has 2 aromatic carbocycles. The molecule has 0 unspecified atom stereocenters. The van der Waals surface area contributed by atoms with Crippen molar-refractivity contribution in [2.75, 3.05) is 11.9 Å². The third kappa shape index (κ3) is 2.76. The zero-order chi connectivity index (χ0) is 15.5. The van der Waals surface area contributed by atoms with Crippen LogP contribution in [0.25, 0.3) is 10.9 Å². The monoisotopic (exact) mass is 292 g/mol. The molecule has 0 fully saturated rings. The number of benzene rings is 2. The Morgan fingerprint density at radius 2 is 1.91 bits per heavy atom. The summed E-state index contributed by atoms with van der Waals surface area (Å²) in [5.74, 6) is 0.0114. The summed E-state index contributed by atoms with van der Waals surface area (Å²) >= 11 is 0. The number of nitrogens with one attached hydrogen (secondary N) is 2. The van der Waals surface area contributed by atoms with Gasteiger partial charge in [-0.1, -0.05) is 30.3 Å². The minimum atomic E-state index is 0.00526. The maximum absolute atomic E-state index is 12.4. The zero-order valence-corrected chi connectivity index (χ0v) is 12.2. The number of ketones is 2. The molecule has 4 nitrogen and oxygen atoms in total. The van der Waals surface area contributed by atoms with Crippen molar-refractivity contribution in [2.24, 2.45) is 0 Å². The minimum Gasteiger partial charge on any atom is -0.378 e. The van der Waals surface area contributed by atoms with Gasteiger partial charge in [-0.2, -0.15) is 0 Å². The first-order chi connectivity index (χ1) is 10.6. The van der Waals surface area contributed by atoms with Crippen LogP contribution < -0.4 is 5.32 Å². The molecule has 3 aromatic rings. The van der Waals surface area contributed by atoms with Crippen LogP contribution in [0.4, 0.5) is 5.69 Å². The Balaban J connectivity index is 1.75. The first kappa shape index (κ1) is 14.1. The van der Waals surface area contributed by atoms with Crippen molar-refractivity contribution < 1.29 is 9.59 Å². The summed E-state index contributed by atoms with van der Waals surface area (Å²) < 4.78 is 0. The van der Waals surface area contributed by atoms with Crippen LogP contribution in [0, 0.1) is 0 Å². The van der Waals surface area contributed by atoms with Gasteiger partial charge in [0.1, 0.15) is 0 Å². The number of anilines is 1. The Morgan fingerprint density at radius 1 is 1.09 bits per heavy atom. The molecule has 110 valence electrons. The molecule has 0 aliphatic carbocycles. The molecule has 22 heavy (non-hydrogen) atoms. The Hall–Kier alpha value is -2.88. The van der Waals surface area contributed by atoms with Crippen LogP contribution in [0.15, 0.2) is 54.7 Å². The smallest absolute Gasteiger partial charge is 0.183 e. The fraction of sp³-hybridized carbons (Fsp3) is 0.111. The number of aromatic nitrogens is 1. The maximum Gasteiger partial charge on any atom is 0.183 e. The van der Waals surface area contributed by atoms with Crippen molar-refractivity contribution in [3.05, 3.63) is 65.9 Å². The van der Waals surface area contributed by atoms with Gasteiger partial charge in [-0.3, -0.25) is 9.59 Å². The van der Waals surface area contributed by atoms with Crippen molar-refractivity contribution in [2.45, 2.75) is 6.92 Å². The lowest BCUT2D eigenvalue weighted by Gasteiger charge is -2.06. The van der Waals surface area contributed by atoms with E-state index in [0.717, 1.165) is 16.6 Å². The molecule has 0 spiro atoms. The van der Waals surface area contributed by atoms with E-state index in [1.165, 1.54) is 6.92 Å². The molecule has 0 saturated carbocycles. The SMILES string of the molecule is CC(=O)c1cccc(NCC(=O)c2c[nH]c3ccccc23)c1. The topological polar surface area (TPSA) is 62.0 Å². The highest BCUT2D eigenvalue weighted by molar-refractivity contribution is 6.09. The molecule has 0 aliphatic heterocycles. The molecular formula is C18H16N2O2. The van der Waals surface area contributed by atoms with Gasteiger partial charge < -0.3 is 10.3 Å². The number of para-hydroxylation sites is 1. The molecule has 0 bridgehead atoms. The van der Waals surface area contributed by atoms with Crippen LogP contribution in [0.3, 0.4) is 0 Å². The van der Waals surface area contributed by atoms with Crippen molar-refractivity contribution >= 4 is 28.2 Å². The van der Waals surface area contributed by atoms with Gasteiger partial charge in [-0.25, -0.2) is 0 Å². The first-order valence-electron chi connectivity index (χ1n) is 7.09. The lowest BCUT2D eigenvalue weighted by Crippen LogP contribution is -2.13. The molecule has 0 aliphatic rings. The third-order valence-corrected chi connectivity index (χ3v) is 3.61. The Labute approximate surface area is 128 Å². The number of hydrogen-bond acceptors (Lipinski definition) is 3. The maximum atomic E-state index is 12.4. The number of fused-ring (bicyclic) bond motifs is 1. The molecule has 1 heterocycles. The van der Waals surface area contributed by atoms with Gasteiger partial charge in [0.05, 0.1) is 6.54 Å². The van der Waals surface area contributed by atoms with Gasteiger partial charge in [0.15, 0.2) is 11.6 Å². The highest BCUT2D eigenvalue weighted by Crippen LogP contribution is 2.18. The molecule has 1 aromatic heterocycles. The van der Waals surface area contributed by atoms with Crippen molar-refractivity contribution in [1.82, 2.24) is 4.98 Å². The van der Waals surface area contributed by atoms with Crippen molar-refractivity contribution in [1.29, 1.82) is 0 Å². The van der Waals surface area contributed by atoms with Crippen LogP contribution in [-0.2, 0) is 0 Å². The normalized spacial score (nSPS) is 10.6. The molecule has 0 atom stereocenters. The number of carbonyl (C=O) groups excluding carboxylic acids is 2. The fourth-order valence-electron chi connectivity index (χ4n) is 2.43. The number of hydrogen-bond donors (Lipinski definition) is 2. The number of H-pyrrole nitrogens is 1. The minimum absolute atomic E-state index is 0.00526. The summed E-state index contributed by atoms with van der Waals surface area (Å²) in [6, 6.07) is 14.9. The quantitative estimate of drug-likeness (QED) is 0.705. The highest BCUT2D eigenvalue weighted by Gasteiger charge is 2.11. The van der Waals surface area contributed by atoms with E-state index in [1.807, 2.05) is 30.3 Å². The molecular weight excluding hydrogens is 276 g/mol. The largest absolute Gasteiger partial charge is 0.378 e. The van der Waals surface area contributed by atoms with Crippen LogP contribution in [0.5, 0.6) is 0 Å². The second-order valence-electron chi connectivity index (χ2n) is 5.16. The predicted octanol–water partition coefficient (Wildman–Crippen LogP) is 3.67. The highest BCUT2D eigenvalue weighted by atomic mass is 16.1. The number of Topliss-reactive ketones (excluding diaryl/α,β-unsaturated/α-hetero) is 2. The van der Waals surface area contributed by atoms with Gasteiger partial charge in [0.2, 0.25) is 0 Å². The lowest BCUT2D eigenvalue weighted by atomic mass is 10.1. The van der Waals surface area contributed by atoms with E-state index in [0.29, 0.717) is 11.1 Å². The van der Waals surface area contributed by atoms with Crippen LogP contribution in [-0.4, -0.2) is 23.1 Å². The summed E-state index contributed by atoms with van der Waals surface area (Å²) in [6.45, 7) is 1.71. The van der Waals surface area contributed by atoms with Crippen molar-refractivity contribution in [3.8, 4) is 0 Å². The third-order valence-electron chi connectivity index (χ3n) is 3.61. The molecule has 0 radical (unpaired) electrons. The first-order valence-corrected chi connectivity index (χ1v) is 7.09. The van der Waals surface area contributed by atoms with E-state index in [2.05, 4.69) is 10.3 Å². The summed E-state index contributed by atoms with van der Waals surface area (Å²) in [5, 5.41) is 4.00. The van der Waals surface area contributed by atoms with Gasteiger partial charge in [0, 0.05) is 33.9 Å². The predicted molar refractivity (Wildman–Crippen MR) is 87.6 cm³/mol. The van der Waals surface area contributed by atoms with Gasteiger partial charge in [-0.05, 0) is 25.1 Å². The van der Waals surface area contributed by atoms with Crippen molar-refractivity contribution in [3.63, 3.8) is 0 Å². The molecule has 4 heteroatoms. The molecule has 2 N–H and O–H groups in total. The number of aromatic amines is 1. The second kappa shape index (κ2) is 5.85. The summed E-state index contributed by atoms with van der Waals surface area (Å²) in [5.41, 5.74) is 3.01. The van der Waals surface area contributed by atoms with E-state index < -0.39 is 0 Å². The standard InChI is InChI=1S/C18H16N2O2/c1-12(21)13-5-4-6-14(9-13)19-11-18(22)16-10-20-17-8-3-2-7-15(16)17/h2-10,19-20H,11H2,1H3. The van der Waals surface area contributed by atoms with Crippen LogP contribution >= 0.6 is 0 Å². The molecule has 3 rings (SSSR count). The zero-order valence-electron chi connectivity index (χ0n) is 12.2. The Morgan fingerprint density at radius 3 is 2.73 bits per heavy atom. The van der Waals surface area contributed by atoms with Gasteiger partial charge in [-0.15, -0.1) is 0 Å². The average molecular weight is 292 g/mol. The fourth-order valence-corrected chi connectivity index (χ4v) is 2.43. The van der Waals surface area contributed by atoms with E-state index in [1.54, 1.807) is 24.4 Å². The summed E-state index contributed by atoms with van der Waals surface area (Å²) in [6.07, 6.45) is 1.74. The van der Waals surface area contributed by atoms with E-state index >= 15 is 0 Å². The Bertz CT molecular complexity index is 849. The number of rotatable bonds is 5. The van der Waals surface area contributed by atoms with Gasteiger partial charge in [0.25, 0.3) is 0 Å². The lowest BCUT2D eigenvalue weighted by molar-refractivity contribution is 0.100. The van der Waals surface area contributed by atoms with E-state index in [4.69, 9.17) is 0 Å². The molecule has 0 amide bonds. The van der Waals surface area contributed by atoms with Crippen LogP contribution in [0.2, 0.25) is 0 Å². The summed E-state index contributed by atoms with van der Waals surface area (Å²) in [4.78, 5) is 26.8. The van der Waals surface area contributed by atoms with E-state index in [-0.39, 0.29) is 18.1 Å². The second-order valence-corrected chi connectivity index (χ2v) is 5.16. The van der Waals surface area contributed by atoms with Crippen LogP contribution in [0.1, 0.15) is 27.6 Å². The van der Waals surface area contributed by atoms with Gasteiger partial charge >= 0.3 is 0 Å². The average Bonchev–Trinajstić information content (AvgIpc) is 2.97. The Kier molecular flexibility index (Phi) is 3.74. The number of carbonyl (C=O) groups is 2. The summed E-state index contributed by atoms with van der Waals surface area (Å²) in [7, 11) is 0.